The first kappa shape index (κ1) is 15.1. The molecule has 1 atom stereocenters. The number of aryl methyl sites for hydroxylation is 1. The minimum Gasteiger partial charge on any atom is -0.333 e. The van der Waals surface area contributed by atoms with E-state index in [1.165, 1.54) is 10.6 Å². The van der Waals surface area contributed by atoms with Crippen LogP contribution in [-0.4, -0.2) is 51.6 Å². The molecule has 1 aliphatic heterocycles. The lowest BCUT2D eigenvalue weighted by molar-refractivity contribution is 0.459. The van der Waals surface area contributed by atoms with Crippen LogP contribution in [0.15, 0.2) is 24.8 Å². The summed E-state index contributed by atoms with van der Waals surface area (Å²) in [6.45, 7) is 1.14. The Hall–Kier alpha value is -1.80. The summed E-state index contributed by atoms with van der Waals surface area (Å²) >= 11 is 0. The second-order valence-corrected chi connectivity index (χ2v) is 7.68. The lowest BCUT2D eigenvalue weighted by atomic mass is 10.0. The zero-order chi connectivity index (χ0) is 15.7. The van der Waals surface area contributed by atoms with Gasteiger partial charge in [-0.15, -0.1) is 0 Å². The van der Waals surface area contributed by atoms with Gasteiger partial charge < -0.3 is 4.57 Å². The van der Waals surface area contributed by atoms with E-state index < -0.39 is 10.0 Å². The third-order valence-electron chi connectivity index (χ3n) is 4.01. The highest BCUT2D eigenvalue weighted by atomic mass is 32.2. The van der Waals surface area contributed by atoms with Gasteiger partial charge in [-0.3, -0.25) is 4.98 Å². The van der Waals surface area contributed by atoms with Crippen molar-refractivity contribution in [2.24, 2.45) is 13.0 Å². The standard InChI is InChI=1S/C14H19N5O2S/c1-18-8-6-17-14(18)13-12(15-4-5-16-13)9-11-3-7-19(10-11)22(2,20)21/h4-6,8,11H,3,7,9-10H2,1-2H3/t11-/m0/s1. The van der Waals surface area contributed by atoms with E-state index in [1.807, 2.05) is 17.8 Å². The first-order valence-corrected chi connectivity index (χ1v) is 9.02. The summed E-state index contributed by atoms with van der Waals surface area (Å²) in [6, 6.07) is 0. The molecule has 0 bridgehead atoms. The van der Waals surface area contributed by atoms with Gasteiger partial charge in [0, 0.05) is 44.9 Å². The number of rotatable bonds is 4. The van der Waals surface area contributed by atoms with Crippen molar-refractivity contribution in [3.63, 3.8) is 0 Å². The highest BCUT2D eigenvalue weighted by Crippen LogP contribution is 2.25. The van der Waals surface area contributed by atoms with E-state index in [1.54, 1.807) is 18.6 Å². The zero-order valence-electron chi connectivity index (χ0n) is 12.7. The fourth-order valence-electron chi connectivity index (χ4n) is 2.84. The molecule has 8 heteroatoms. The van der Waals surface area contributed by atoms with Crippen molar-refractivity contribution in [1.29, 1.82) is 0 Å². The normalized spacial score (nSPS) is 19.6. The summed E-state index contributed by atoms with van der Waals surface area (Å²) in [7, 11) is -1.19. The molecule has 0 aromatic carbocycles. The maximum atomic E-state index is 11.6. The summed E-state index contributed by atoms with van der Waals surface area (Å²) in [4.78, 5) is 13.2. The maximum absolute atomic E-state index is 11.6. The first-order chi connectivity index (χ1) is 10.4. The number of nitrogens with zero attached hydrogens (tertiary/aromatic N) is 5. The van der Waals surface area contributed by atoms with E-state index in [2.05, 4.69) is 15.0 Å². The minimum absolute atomic E-state index is 0.269. The van der Waals surface area contributed by atoms with E-state index in [-0.39, 0.29) is 5.92 Å². The summed E-state index contributed by atoms with van der Waals surface area (Å²) < 4.78 is 26.7. The molecule has 1 aliphatic rings. The number of hydrogen-bond acceptors (Lipinski definition) is 5. The van der Waals surface area contributed by atoms with E-state index in [0.29, 0.717) is 19.5 Å². The highest BCUT2D eigenvalue weighted by Gasteiger charge is 2.29. The number of aromatic nitrogens is 4. The molecule has 2 aromatic heterocycles. The molecule has 0 saturated carbocycles. The van der Waals surface area contributed by atoms with Crippen LogP contribution in [0.2, 0.25) is 0 Å². The molecule has 118 valence electrons. The van der Waals surface area contributed by atoms with Crippen molar-refractivity contribution in [2.45, 2.75) is 12.8 Å². The largest absolute Gasteiger partial charge is 0.333 e. The number of imidazole rings is 1. The number of sulfonamides is 1. The molecule has 2 aromatic rings. The van der Waals surface area contributed by atoms with Crippen molar-refractivity contribution in [2.75, 3.05) is 19.3 Å². The van der Waals surface area contributed by atoms with Crippen LogP contribution in [-0.2, 0) is 23.5 Å². The van der Waals surface area contributed by atoms with Crippen molar-refractivity contribution in [3.8, 4) is 11.5 Å². The average Bonchev–Trinajstić information content (AvgIpc) is 3.08. The third kappa shape index (κ3) is 3.02. The Morgan fingerprint density at radius 1 is 1.23 bits per heavy atom. The molecule has 0 radical (unpaired) electrons. The lowest BCUT2D eigenvalue weighted by Gasteiger charge is -2.14. The van der Waals surface area contributed by atoms with Gasteiger partial charge in [0.05, 0.1) is 11.9 Å². The van der Waals surface area contributed by atoms with Crippen LogP contribution in [0, 0.1) is 5.92 Å². The average molecular weight is 321 g/mol. The Balaban J connectivity index is 1.81. The Morgan fingerprint density at radius 2 is 2.00 bits per heavy atom. The molecule has 1 fully saturated rings. The zero-order valence-corrected chi connectivity index (χ0v) is 13.5. The van der Waals surface area contributed by atoms with Crippen molar-refractivity contribution in [3.05, 3.63) is 30.5 Å². The molecule has 0 N–H and O–H groups in total. The van der Waals surface area contributed by atoms with Crippen LogP contribution in [0.3, 0.4) is 0 Å². The van der Waals surface area contributed by atoms with Gasteiger partial charge in [0.1, 0.15) is 5.69 Å². The van der Waals surface area contributed by atoms with Crippen LogP contribution in [0.25, 0.3) is 11.5 Å². The predicted molar refractivity (Wildman–Crippen MR) is 82.5 cm³/mol. The third-order valence-corrected chi connectivity index (χ3v) is 5.28. The van der Waals surface area contributed by atoms with E-state index in [0.717, 1.165) is 23.6 Å². The monoisotopic (exact) mass is 321 g/mol. The summed E-state index contributed by atoms with van der Waals surface area (Å²) in [5, 5.41) is 0. The lowest BCUT2D eigenvalue weighted by Crippen LogP contribution is -2.27. The van der Waals surface area contributed by atoms with Crippen LogP contribution in [0.4, 0.5) is 0 Å². The first-order valence-electron chi connectivity index (χ1n) is 7.18. The van der Waals surface area contributed by atoms with Gasteiger partial charge in [-0.05, 0) is 18.8 Å². The predicted octanol–water partition coefficient (Wildman–Crippen LogP) is 0.701. The molecular weight excluding hydrogens is 302 g/mol. The van der Waals surface area contributed by atoms with Crippen molar-refractivity contribution < 1.29 is 8.42 Å². The van der Waals surface area contributed by atoms with Crippen LogP contribution < -0.4 is 0 Å². The summed E-state index contributed by atoms with van der Waals surface area (Å²) in [5.41, 5.74) is 1.64. The van der Waals surface area contributed by atoms with E-state index >= 15 is 0 Å². The smallest absolute Gasteiger partial charge is 0.211 e. The van der Waals surface area contributed by atoms with Crippen molar-refractivity contribution in [1.82, 2.24) is 23.8 Å². The second kappa shape index (κ2) is 5.77. The fourth-order valence-corrected chi connectivity index (χ4v) is 3.75. The van der Waals surface area contributed by atoms with Crippen molar-refractivity contribution >= 4 is 10.0 Å². The molecule has 0 amide bonds. The quantitative estimate of drug-likeness (QED) is 0.828. The van der Waals surface area contributed by atoms with Crippen LogP contribution in [0.1, 0.15) is 12.1 Å². The van der Waals surface area contributed by atoms with Gasteiger partial charge in [-0.1, -0.05) is 0 Å². The Labute approximate surface area is 130 Å². The molecule has 3 heterocycles. The van der Waals surface area contributed by atoms with E-state index in [9.17, 15) is 8.42 Å². The maximum Gasteiger partial charge on any atom is 0.211 e. The highest BCUT2D eigenvalue weighted by molar-refractivity contribution is 7.88. The van der Waals surface area contributed by atoms with Gasteiger partial charge in [0.2, 0.25) is 10.0 Å². The summed E-state index contributed by atoms with van der Waals surface area (Å²) in [6.07, 6.45) is 9.75. The molecule has 1 saturated heterocycles. The van der Waals surface area contributed by atoms with Crippen LogP contribution in [0.5, 0.6) is 0 Å². The molecule has 22 heavy (non-hydrogen) atoms. The van der Waals surface area contributed by atoms with Gasteiger partial charge >= 0.3 is 0 Å². The molecule has 0 unspecified atom stereocenters. The topological polar surface area (TPSA) is 81.0 Å². The Kier molecular flexibility index (Phi) is 3.96. The molecule has 3 rings (SSSR count). The van der Waals surface area contributed by atoms with Gasteiger partial charge in [0.15, 0.2) is 5.82 Å². The fraction of sp³-hybridized carbons (Fsp3) is 0.500. The molecular formula is C14H19N5O2S. The van der Waals surface area contributed by atoms with Gasteiger partial charge in [-0.2, -0.15) is 0 Å². The Morgan fingerprint density at radius 3 is 2.64 bits per heavy atom. The molecule has 0 aliphatic carbocycles. The SMILES string of the molecule is Cn1ccnc1-c1nccnc1C[C@@H]1CCN(S(C)(=O)=O)C1. The number of hydrogen-bond donors (Lipinski definition) is 0. The Bertz CT molecular complexity index is 771. The van der Waals surface area contributed by atoms with E-state index in [4.69, 9.17) is 0 Å². The summed E-state index contributed by atoms with van der Waals surface area (Å²) in [5.74, 6) is 1.05. The van der Waals surface area contributed by atoms with Gasteiger partial charge in [0.25, 0.3) is 0 Å². The molecule has 7 nitrogen and oxygen atoms in total. The van der Waals surface area contributed by atoms with Crippen LogP contribution >= 0.6 is 0 Å². The second-order valence-electron chi connectivity index (χ2n) is 5.69. The molecule has 0 spiro atoms. The van der Waals surface area contributed by atoms with Gasteiger partial charge in [-0.25, -0.2) is 22.7 Å². The minimum atomic E-state index is -3.11.